The molecule has 0 saturated carbocycles. The van der Waals surface area contributed by atoms with Gasteiger partial charge in [0, 0.05) is 12.3 Å². The highest BCUT2D eigenvalue weighted by Crippen LogP contribution is 2.35. The van der Waals surface area contributed by atoms with Gasteiger partial charge in [-0.15, -0.1) is 11.8 Å². The van der Waals surface area contributed by atoms with Gasteiger partial charge in [0.15, 0.2) is 0 Å². The summed E-state index contributed by atoms with van der Waals surface area (Å²) in [5.41, 5.74) is 2.59. The Kier molecular flexibility index (Phi) is 4.07. The Hall–Kier alpha value is -1.00. The molecule has 1 heterocycles. The molecule has 1 saturated heterocycles. The Balaban J connectivity index is 2.45. The number of rotatable bonds is 4. The largest absolute Gasteiger partial charge is 0.478 e. The van der Waals surface area contributed by atoms with Gasteiger partial charge >= 0.3 is 5.97 Å². The van der Waals surface area contributed by atoms with Gasteiger partial charge in [0.25, 0.3) is 0 Å². The number of carboxylic acids is 1. The van der Waals surface area contributed by atoms with E-state index in [1.807, 2.05) is 12.1 Å². The predicted molar refractivity (Wildman–Crippen MR) is 70.6 cm³/mol. The first kappa shape index (κ1) is 12.5. The number of aromatic carboxylic acids is 1. The summed E-state index contributed by atoms with van der Waals surface area (Å²) < 4.78 is 0. The number of carboxylic acid groups (broad SMARTS) is 1. The van der Waals surface area contributed by atoms with E-state index in [-0.39, 0.29) is 5.37 Å². The summed E-state index contributed by atoms with van der Waals surface area (Å²) in [6, 6.07) is 5.60. The van der Waals surface area contributed by atoms with Crippen molar-refractivity contribution >= 4 is 17.7 Å². The first-order valence-electron chi connectivity index (χ1n) is 5.94. The van der Waals surface area contributed by atoms with Crippen LogP contribution in [0.15, 0.2) is 18.2 Å². The second kappa shape index (κ2) is 5.56. The van der Waals surface area contributed by atoms with Gasteiger partial charge in [0.05, 0.1) is 10.9 Å². The molecule has 0 aliphatic carbocycles. The fourth-order valence-electron chi connectivity index (χ4n) is 2.21. The van der Waals surface area contributed by atoms with Gasteiger partial charge in [-0.05, 0) is 23.6 Å². The monoisotopic (exact) mass is 251 g/mol. The molecule has 92 valence electrons. The second-order valence-electron chi connectivity index (χ2n) is 4.14. The van der Waals surface area contributed by atoms with E-state index >= 15 is 0 Å². The molecule has 1 aliphatic heterocycles. The van der Waals surface area contributed by atoms with Crippen LogP contribution in [0.1, 0.15) is 40.2 Å². The Morgan fingerprint density at radius 1 is 1.59 bits per heavy atom. The lowest BCUT2D eigenvalue weighted by Crippen LogP contribution is -2.17. The molecule has 0 spiro atoms. The van der Waals surface area contributed by atoms with E-state index in [9.17, 15) is 9.90 Å². The maximum atomic E-state index is 11.3. The number of thioether (sulfide) groups is 1. The third-order valence-electron chi connectivity index (χ3n) is 2.92. The molecule has 1 atom stereocenters. The summed E-state index contributed by atoms with van der Waals surface area (Å²) >= 11 is 1.79. The quantitative estimate of drug-likeness (QED) is 0.863. The third-order valence-corrected chi connectivity index (χ3v) is 4.10. The third kappa shape index (κ3) is 2.64. The van der Waals surface area contributed by atoms with Crippen molar-refractivity contribution in [3.05, 3.63) is 34.9 Å². The minimum absolute atomic E-state index is 0.142. The molecule has 0 amide bonds. The van der Waals surface area contributed by atoms with E-state index in [0.29, 0.717) is 5.56 Å². The smallest absolute Gasteiger partial charge is 0.336 e. The van der Waals surface area contributed by atoms with Crippen LogP contribution in [0.5, 0.6) is 0 Å². The highest BCUT2D eigenvalue weighted by molar-refractivity contribution is 7.99. The lowest BCUT2D eigenvalue weighted by atomic mass is 9.97. The van der Waals surface area contributed by atoms with Crippen LogP contribution in [0.3, 0.4) is 0 Å². The van der Waals surface area contributed by atoms with Crippen molar-refractivity contribution in [3.8, 4) is 0 Å². The van der Waals surface area contributed by atoms with Gasteiger partial charge < -0.3 is 10.4 Å². The van der Waals surface area contributed by atoms with Crippen molar-refractivity contribution in [3.63, 3.8) is 0 Å². The molecule has 3 nitrogen and oxygen atoms in total. The molecule has 2 N–H and O–H groups in total. The second-order valence-corrected chi connectivity index (χ2v) is 5.35. The van der Waals surface area contributed by atoms with Crippen molar-refractivity contribution in [2.24, 2.45) is 0 Å². The highest BCUT2D eigenvalue weighted by Gasteiger charge is 2.24. The first-order valence-corrected chi connectivity index (χ1v) is 6.99. The summed E-state index contributed by atoms with van der Waals surface area (Å²) in [7, 11) is 0. The molecule has 4 heteroatoms. The van der Waals surface area contributed by atoms with Crippen LogP contribution in [0.2, 0.25) is 0 Å². The number of hydrogen-bond donors (Lipinski definition) is 2. The summed E-state index contributed by atoms with van der Waals surface area (Å²) in [4.78, 5) is 11.3. The van der Waals surface area contributed by atoms with Crippen LogP contribution in [-0.2, 0) is 6.42 Å². The molecule has 17 heavy (non-hydrogen) atoms. The molecule has 1 fully saturated rings. The van der Waals surface area contributed by atoms with Crippen molar-refractivity contribution in [1.82, 2.24) is 5.32 Å². The topological polar surface area (TPSA) is 49.3 Å². The van der Waals surface area contributed by atoms with E-state index in [4.69, 9.17) is 0 Å². The highest BCUT2D eigenvalue weighted by atomic mass is 32.2. The van der Waals surface area contributed by atoms with E-state index in [1.54, 1.807) is 17.8 Å². The van der Waals surface area contributed by atoms with E-state index in [1.165, 1.54) is 5.56 Å². The summed E-state index contributed by atoms with van der Waals surface area (Å²) in [5, 5.41) is 12.8. The molecule has 1 aliphatic rings. The lowest BCUT2D eigenvalue weighted by Gasteiger charge is -2.17. The molecule has 1 aromatic rings. The summed E-state index contributed by atoms with van der Waals surface area (Å²) in [6.07, 6.45) is 1.97. The molecule has 1 unspecified atom stereocenters. The maximum Gasteiger partial charge on any atom is 0.336 e. The van der Waals surface area contributed by atoms with Crippen LogP contribution in [-0.4, -0.2) is 23.4 Å². The summed E-state index contributed by atoms with van der Waals surface area (Å²) in [5.74, 6) is 0.219. The molecular formula is C13H17NO2S. The zero-order valence-corrected chi connectivity index (χ0v) is 10.7. The van der Waals surface area contributed by atoms with Crippen molar-refractivity contribution in [2.45, 2.75) is 25.1 Å². The molecule has 1 aromatic carbocycles. The average molecular weight is 251 g/mol. The Morgan fingerprint density at radius 3 is 3.00 bits per heavy atom. The molecule has 0 bridgehead atoms. The number of aryl methyl sites for hydroxylation is 1. The van der Waals surface area contributed by atoms with Crippen molar-refractivity contribution in [1.29, 1.82) is 0 Å². The number of nitrogens with one attached hydrogen (secondary N) is 1. The van der Waals surface area contributed by atoms with E-state index < -0.39 is 5.97 Å². The van der Waals surface area contributed by atoms with Crippen LogP contribution in [0.4, 0.5) is 0 Å². The SMILES string of the molecule is CCCc1cccc(C(=O)O)c1C1NCCS1. The Labute approximate surface area is 106 Å². The summed E-state index contributed by atoms with van der Waals surface area (Å²) in [6.45, 7) is 3.07. The lowest BCUT2D eigenvalue weighted by molar-refractivity contribution is 0.0695. The molecule has 0 radical (unpaired) electrons. The van der Waals surface area contributed by atoms with Gasteiger partial charge in [0.2, 0.25) is 0 Å². The van der Waals surface area contributed by atoms with E-state index in [0.717, 1.165) is 30.7 Å². The average Bonchev–Trinajstić information content (AvgIpc) is 2.82. The normalized spacial score (nSPS) is 19.5. The van der Waals surface area contributed by atoms with Crippen molar-refractivity contribution in [2.75, 3.05) is 12.3 Å². The zero-order chi connectivity index (χ0) is 12.3. The van der Waals surface area contributed by atoms with Crippen LogP contribution >= 0.6 is 11.8 Å². The van der Waals surface area contributed by atoms with Crippen molar-refractivity contribution < 1.29 is 9.90 Å². The van der Waals surface area contributed by atoms with Crippen LogP contribution < -0.4 is 5.32 Å². The first-order chi connectivity index (χ1) is 8.24. The fraction of sp³-hybridized carbons (Fsp3) is 0.462. The van der Waals surface area contributed by atoms with Crippen LogP contribution in [0.25, 0.3) is 0 Å². The van der Waals surface area contributed by atoms with Gasteiger partial charge in [-0.2, -0.15) is 0 Å². The molecule has 2 rings (SSSR count). The van der Waals surface area contributed by atoms with Crippen LogP contribution in [0, 0.1) is 0 Å². The zero-order valence-electron chi connectivity index (χ0n) is 9.90. The van der Waals surface area contributed by atoms with E-state index in [2.05, 4.69) is 12.2 Å². The number of carbonyl (C=O) groups is 1. The van der Waals surface area contributed by atoms with Gasteiger partial charge in [-0.25, -0.2) is 4.79 Å². The minimum atomic E-state index is -0.827. The number of benzene rings is 1. The molecular weight excluding hydrogens is 234 g/mol. The van der Waals surface area contributed by atoms with Gasteiger partial charge in [-0.1, -0.05) is 25.5 Å². The Morgan fingerprint density at radius 2 is 2.41 bits per heavy atom. The fourth-order valence-corrected chi connectivity index (χ4v) is 3.36. The Bertz CT molecular complexity index is 414. The predicted octanol–water partition coefficient (Wildman–Crippen LogP) is 2.67. The van der Waals surface area contributed by atoms with Gasteiger partial charge in [-0.3, -0.25) is 0 Å². The maximum absolute atomic E-state index is 11.3. The molecule has 0 aromatic heterocycles. The minimum Gasteiger partial charge on any atom is -0.478 e. The van der Waals surface area contributed by atoms with Gasteiger partial charge in [0.1, 0.15) is 0 Å². The standard InChI is InChI=1S/C13H17NO2S/c1-2-4-9-5-3-6-10(13(15)16)11(9)12-14-7-8-17-12/h3,5-6,12,14H,2,4,7-8H2,1H3,(H,15,16). The number of hydrogen-bond acceptors (Lipinski definition) is 3.